The Kier molecular flexibility index (Phi) is 6.20. The SMILES string of the molecule is CN(C)c1cc(CNC(=O)NC[C@@H](c2ccco2)N(C)C)ccn1. The summed E-state index contributed by atoms with van der Waals surface area (Å²) in [6.45, 7) is 0.911. The molecule has 0 saturated heterocycles. The van der Waals surface area contributed by atoms with Crippen LogP contribution in [-0.2, 0) is 6.54 Å². The Morgan fingerprint density at radius 2 is 2.04 bits per heavy atom. The molecule has 0 bridgehead atoms. The Hall–Kier alpha value is -2.54. The Balaban J connectivity index is 1.84. The minimum atomic E-state index is -0.211. The summed E-state index contributed by atoms with van der Waals surface area (Å²) in [6, 6.07) is 7.37. The van der Waals surface area contributed by atoms with Crippen LogP contribution in [0.3, 0.4) is 0 Å². The van der Waals surface area contributed by atoms with E-state index in [9.17, 15) is 4.79 Å². The van der Waals surface area contributed by atoms with Crippen molar-refractivity contribution in [2.75, 3.05) is 39.6 Å². The number of anilines is 1. The molecule has 2 N–H and O–H groups in total. The van der Waals surface area contributed by atoms with Crippen molar-refractivity contribution in [2.45, 2.75) is 12.6 Å². The fourth-order valence-corrected chi connectivity index (χ4v) is 2.27. The van der Waals surface area contributed by atoms with Gasteiger partial charge in [-0.3, -0.25) is 4.90 Å². The number of carbonyl (C=O) groups excluding carboxylic acids is 1. The lowest BCUT2D eigenvalue weighted by molar-refractivity contribution is 0.225. The zero-order valence-corrected chi connectivity index (χ0v) is 14.6. The number of nitrogens with zero attached hydrogens (tertiary/aromatic N) is 3. The average Bonchev–Trinajstić information content (AvgIpc) is 3.07. The van der Waals surface area contributed by atoms with E-state index in [0.717, 1.165) is 17.1 Å². The van der Waals surface area contributed by atoms with E-state index >= 15 is 0 Å². The van der Waals surface area contributed by atoms with Gasteiger partial charge < -0.3 is 20.0 Å². The molecule has 2 aromatic rings. The summed E-state index contributed by atoms with van der Waals surface area (Å²) >= 11 is 0. The first kappa shape index (κ1) is 17.8. The number of hydrogen-bond donors (Lipinski definition) is 2. The number of carbonyl (C=O) groups is 1. The van der Waals surface area contributed by atoms with Gasteiger partial charge in [0.15, 0.2) is 0 Å². The highest BCUT2D eigenvalue weighted by atomic mass is 16.3. The molecule has 0 aromatic carbocycles. The van der Waals surface area contributed by atoms with Crippen LogP contribution in [0.2, 0.25) is 0 Å². The number of urea groups is 1. The van der Waals surface area contributed by atoms with Gasteiger partial charge in [-0.15, -0.1) is 0 Å². The van der Waals surface area contributed by atoms with E-state index in [4.69, 9.17) is 4.42 Å². The number of furan rings is 1. The molecule has 24 heavy (non-hydrogen) atoms. The van der Waals surface area contributed by atoms with Gasteiger partial charge in [0.2, 0.25) is 0 Å². The van der Waals surface area contributed by atoms with E-state index in [0.29, 0.717) is 13.1 Å². The molecular formula is C17H25N5O2. The number of nitrogens with one attached hydrogen (secondary N) is 2. The summed E-state index contributed by atoms with van der Waals surface area (Å²) in [6.07, 6.45) is 3.38. The van der Waals surface area contributed by atoms with Crippen molar-refractivity contribution >= 4 is 11.8 Å². The maximum atomic E-state index is 12.0. The second-order valence-electron chi connectivity index (χ2n) is 5.98. The number of amides is 2. The molecule has 130 valence electrons. The van der Waals surface area contributed by atoms with Crippen LogP contribution in [0.15, 0.2) is 41.1 Å². The molecule has 0 spiro atoms. The first-order chi connectivity index (χ1) is 11.5. The van der Waals surface area contributed by atoms with Crippen LogP contribution in [0.25, 0.3) is 0 Å². The Morgan fingerprint density at radius 1 is 1.25 bits per heavy atom. The first-order valence-electron chi connectivity index (χ1n) is 7.81. The summed E-state index contributed by atoms with van der Waals surface area (Å²) in [5.74, 6) is 1.69. The fraction of sp³-hybridized carbons (Fsp3) is 0.412. The van der Waals surface area contributed by atoms with Crippen molar-refractivity contribution in [3.05, 3.63) is 48.0 Å². The van der Waals surface area contributed by atoms with Crippen molar-refractivity contribution in [2.24, 2.45) is 0 Å². The molecule has 0 radical (unpaired) electrons. The predicted molar refractivity (Wildman–Crippen MR) is 93.9 cm³/mol. The normalized spacial score (nSPS) is 12.0. The molecule has 2 aromatic heterocycles. The summed E-state index contributed by atoms with van der Waals surface area (Å²) in [7, 11) is 7.77. The number of pyridine rings is 1. The molecular weight excluding hydrogens is 306 g/mol. The van der Waals surface area contributed by atoms with Gasteiger partial charge in [-0.1, -0.05) is 0 Å². The van der Waals surface area contributed by atoms with Crippen LogP contribution in [-0.4, -0.2) is 50.7 Å². The summed E-state index contributed by atoms with van der Waals surface area (Å²) in [4.78, 5) is 20.2. The van der Waals surface area contributed by atoms with Crippen molar-refractivity contribution < 1.29 is 9.21 Å². The molecule has 0 aliphatic carbocycles. The Morgan fingerprint density at radius 3 is 2.67 bits per heavy atom. The van der Waals surface area contributed by atoms with E-state index in [2.05, 4.69) is 15.6 Å². The third-order valence-corrected chi connectivity index (χ3v) is 3.67. The molecule has 0 saturated carbocycles. The Bertz CT molecular complexity index is 640. The number of aromatic nitrogens is 1. The summed E-state index contributed by atoms with van der Waals surface area (Å²) in [5, 5.41) is 5.74. The molecule has 0 unspecified atom stereocenters. The van der Waals surface area contributed by atoms with Crippen molar-refractivity contribution in [3.8, 4) is 0 Å². The van der Waals surface area contributed by atoms with Crippen LogP contribution in [0, 0.1) is 0 Å². The van der Waals surface area contributed by atoms with Crippen molar-refractivity contribution in [1.82, 2.24) is 20.5 Å². The minimum Gasteiger partial charge on any atom is -0.468 e. The van der Waals surface area contributed by atoms with E-state index in [-0.39, 0.29) is 12.1 Å². The zero-order chi connectivity index (χ0) is 17.5. The van der Waals surface area contributed by atoms with Gasteiger partial charge in [0, 0.05) is 33.4 Å². The third kappa shape index (κ3) is 4.99. The van der Waals surface area contributed by atoms with Gasteiger partial charge in [0.25, 0.3) is 0 Å². The maximum absolute atomic E-state index is 12.0. The average molecular weight is 331 g/mol. The van der Waals surface area contributed by atoms with Gasteiger partial charge in [-0.2, -0.15) is 0 Å². The standard InChI is InChI=1S/C17H25N5O2/c1-21(2)14(15-6-5-9-24-15)12-20-17(23)19-11-13-7-8-18-16(10-13)22(3)4/h5-10,14H,11-12H2,1-4H3,(H2,19,20,23)/t14-/m0/s1. The van der Waals surface area contributed by atoms with E-state index in [1.54, 1.807) is 12.5 Å². The predicted octanol–water partition coefficient (Wildman–Crippen LogP) is 1.84. The van der Waals surface area contributed by atoms with Crippen LogP contribution in [0.4, 0.5) is 10.6 Å². The molecule has 7 nitrogen and oxygen atoms in total. The summed E-state index contributed by atoms with van der Waals surface area (Å²) in [5.41, 5.74) is 0.999. The lowest BCUT2D eigenvalue weighted by atomic mass is 10.2. The van der Waals surface area contributed by atoms with Gasteiger partial charge in [0.05, 0.1) is 12.3 Å². The van der Waals surface area contributed by atoms with Gasteiger partial charge in [0.1, 0.15) is 11.6 Å². The summed E-state index contributed by atoms with van der Waals surface area (Å²) < 4.78 is 5.43. The van der Waals surface area contributed by atoms with E-state index in [1.807, 2.05) is 62.3 Å². The van der Waals surface area contributed by atoms with E-state index < -0.39 is 0 Å². The van der Waals surface area contributed by atoms with Crippen LogP contribution in [0.1, 0.15) is 17.4 Å². The zero-order valence-electron chi connectivity index (χ0n) is 14.6. The highest BCUT2D eigenvalue weighted by molar-refractivity contribution is 5.73. The lowest BCUT2D eigenvalue weighted by Crippen LogP contribution is -2.40. The molecule has 0 aliphatic rings. The minimum absolute atomic E-state index is 0.00739. The van der Waals surface area contributed by atoms with Gasteiger partial charge in [-0.25, -0.2) is 9.78 Å². The first-order valence-corrected chi connectivity index (χ1v) is 7.81. The largest absolute Gasteiger partial charge is 0.468 e. The number of rotatable bonds is 7. The molecule has 1 atom stereocenters. The molecule has 7 heteroatoms. The monoisotopic (exact) mass is 331 g/mol. The van der Waals surface area contributed by atoms with E-state index in [1.165, 1.54) is 0 Å². The maximum Gasteiger partial charge on any atom is 0.315 e. The molecule has 2 heterocycles. The second kappa shape index (κ2) is 8.35. The highest BCUT2D eigenvalue weighted by Gasteiger charge is 2.17. The third-order valence-electron chi connectivity index (χ3n) is 3.67. The van der Waals surface area contributed by atoms with Crippen LogP contribution < -0.4 is 15.5 Å². The quantitative estimate of drug-likeness (QED) is 0.810. The lowest BCUT2D eigenvalue weighted by Gasteiger charge is -2.22. The molecule has 0 fully saturated rings. The van der Waals surface area contributed by atoms with Crippen LogP contribution >= 0.6 is 0 Å². The second-order valence-corrected chi connectivity index (χ2v) is 5.98. The number of hydrogen-bond acceptors (Lipinski definition) is 5. The molecule has 0 aliphatic heterocycles. The van der Waals surface area contributed by atoms with Gasteiger partial charge in [-0.05, 0) is 43.9 Å². The number of likely N-dealkylation sites (N-methyl/N-ethyl adjacent to an activating group) is 1. The van der Waals surface area contributed by atoms with Crippen molar-refractivity contribution in [3.63, 3.8) is 0 Å². The van der Waals surface area contributed by atoms with Crippen LogP contribution in [0.5, 0.6) is 0 Å². The van der Waals surface area contributed by atoms with Gasteiger partial charge >= 0.3 is 6.03 Å². The van der Waals surface area contributed by atoms with Crippen molar-refractivity contribution in [1.29, 1.82) is 0 Å². The highest BCUT2D eigenvalue weighted by Crippen LogP contribution is 2.17. The smallest absolute Gasteiger partial charge is 0.315 e. The molecule has 2 rings (SSSR count). The topological polar surface area (TPSA) is 73.6 Å². The molecule has 2 amide bonds. The Labute approximate surface area is 142 Å². The fourth-order valence-electron chi connectivity index (χ4n) is 2.27.